The highest BCUT2D eigenvalue weighted by atomic mass is 19.4. The zero-order valence-electron chi connectivity index (χ0n) is 12.4. The fourth-order valence-corrected chi connectivity index (χ4v) is 2.17. The quantitative estimate of drug-likeness (QED) is 0.671. The molecule has 0 aromatic carbocycles. The molecule has 1 aliphatic rings. The zero-order valence-corrected chi connectivity index (χ0v) is 12.4. The average molecular weight is 311 g/mol. The number of rotatable bonds is 8. The van der Waals surface area contributed by atoms with Gasteiger partial charge < -0.3 is 15.0 Å². The van der Waals surface area contributed by atoms with Gasteiger partial charge in [-0.3, -0.25) is 9.69 Å². The molecule has 0 atom stereocenters. The lowest BCUT2D eigenvalue weighted by Crippen LogP contribution is -2.50. The first kappa shape index (κ1) is 18.2. The molecule has 0 unspecified atom stereocenters. The van der Waals surface area contributed by atoms with Crippen molar-refractivity contribution in [2.45, 2.75) is 19.5 Å². The third-order valence-electron chi connectivity index (χ3n) is 3.21. The number of hydrogen-bond acceptors (Lipinski definition) is 4. The van der Waals surface area contributed by atoms with Crippen molar-refractivity contribution in [1.82, 2.24) is 15.1 Å². The van der Waals surface area contributed by atoms with Crippen LogP contribution in [-0.4, -0.2) is 80.9 Å². The van der Waals surface area contributed by atoms with E-state index >= 15 is 0 Å². The maximum absolute atomic E-state index is 12.6. The monoisotopic (exact) mass is 311 g/mol. The molecule has 0 aliphatic carbocycles. The van der Waals surface area contributed by atoms with Crippen molar-refractivity contribution in [3.05, 3.63) is 0 Å². The molecule has 1 amide bonds. The molecule has 0 aromatic heterocycles. The Hall–Kier alpha value is -0.860. The van der Waals surface area contributed by atoms with Crippen molar-refractivity contribution in [1.29, 1.82) is 0 Å². The molecule has 21 heavy (non-hydrogen) atoms. The number of piperazine rings is 1. The van der Waals surface area contributed by atoms with Crippen molar-refractivity contribution in [2.75, 3.05) is 59.0 Å². The summed E-state index contributed by atoms with van der Waals surface area (Å²) in [5.74, 6) is -0.467. The largest absolute Gasteiger partial charge is 0.406 e. The van der Waals surface area contributed by atoms with Crippen LogP contribution in [0.15, 0.2) is 0 Å². The lowest BCUT2D eigenvalue weighted by atomic mass is 10.3. The maximum atomic E-state index is 12.6. The van der Waals surface area contributed by atoms with Crippen molar-refractivity contribution >= 4 is 5.91 Å². The van der Waals surface area contributed by atoms with E-state index in [0.717, 1.165) is 18.0 Å². The van der Waals surface area contributed by atoms with Gasteiger partial charge in [0.25, 0.3) is 0 Å². The van der Waals surface area contributed by atoms with Crippen molar-refractivity contribution in [2.24, 2.45) is 0 Å². The molecule has 0 spiro atoms. The molecule has 0 radical (unpaired) electrons. The smallest absolute Gasteiger partial charge is 0.382 e. The van der Waals surface area contributed by atoms with E-state index in [-0.39, 0.29) is 13.1 Å². The van der Waals surface area contributed by atoms with Crippen LogP contribution in [0.5, 0.6) is 0 Å². The summed E-state index contributed by atoms with van der Waals surface area (Å²) in [6.07, 6.45) is -3.96. The molecule has 124 valence electrons. The van der Waals surface area contributed by atoms with E-state index in [0.29, 0.717) is 32.7 Å². The van der Waals surface area contributed by atoms with Crippen LogP contribution < -0.4 is 5.32 Å². The lowest BCUT2D eigenvalue weighted by molar-refractivity contribution is -0.162. The molecule has 0 aromatic rings. The Morgan fingerprint density at radius 1 is 1.33 bits per heavy atom. The molecule has 0 bridgehead atoms. The molecule has 1 N–H and O–H groups in total. The van der Waals surface area contributed by atoms with E-state index < -0.39 is 18.6 Å². The Morgan fingerprint density at radius 2 is 2.00 bits per heavy atom. The predicted octanol–water partition coefficient (Wildman–Crippen LogP) is 0.709. The summed E-state index contributed by atoms with van der Waals surface area (Å²) in [5, 5.41) is 3.14. The Labute approximate surface area is 123 Å². The van der Waals surface area contributed by atoms with E-state index in [1.54, 1.807) is 0 Å². The number of ether oxygens (including phenoxy) is 1. The lowest BCUT2D eigenvalue weighted by Gasteiger charge is -2.30. The number of alkyl halides is 3. The minimum Gasteiger partial charge on any atom is -0.382 e. The van der Waals surface area contributed by atoms with Crippen LogP contribution in [0.1, 0.15) is 13.3 Å². The highest BCUT2D eigenvalue weighted by molar-refractivity contribution is 5.78. The summed E-state index contributed by atoms with van der Waals surface area (Å²) in [7, 11) is 0. The molecule has 1 heterocycles. The van der Waals surface area contributed by atoms with E-state index in [1.807, 2.05) is 11.8 Å². The predicted molar refractivity (Wildman–Crippen MR) is 73.1 cm³/mol. The summed E-state index contributed by atoms with van der Waals surface area (Å²) >= 11 is 0. The van der Waals surface area contributed by atoms with Gasteiger partial charge in [0.15, 0.2) is 0 Å². The summed E-state index contributed by atoms with van der Waals surface area (Å²) < 4.78 is 42.8. The number of nitrogens with zero attached hydrogens (tertiary/aromatic N) is 2. The van der Waals surface area contributed by atoms with Crippen LogP contribution in [0, 0.1) is 0 Å². The van der Waals surface area contributed by atoms with Crippen LogP contribution in [0.3, 0.4) is 0 Å². The minimum atomic E-state index is -4.37. The molecule has 5 nitrogen and oxygen atoms in total. The summed E-state index contributed by atoms with van der Waals surface area (Å²) in [6, 6.07) is 0. The SMILES string of the molecule is CCOCCCN(CC(F)(F)F)C(=O)CN1CCNCC1. The minimum absolute atomic E-state index is 0.0480. The molecular formula is C13H24F3N3O2. The molecule has 0 saturated carbocycles. The van der Waals surface area contributed by atoms with E-state index in [9.17, 15) is 18.0 Å². The summed E-state index contributed by atoms with van der Waals surface area (Å²) in [5.41, 5.74) is 0. The number of carbonyl (C=O) groups excluding carboxylic acids is 1. The van der Waals surface area contributed by atoms with Crippen molar-refractivity contribution in [3.63, 3.8) is 0 Å². The first-order valence-corrected chi connectivity index (χ1v) is 7.27. The second kappa shape index (κ2) is 9.22. The van der Waals surface area contributed by atoms with Gasteiger partial charge in [0.2, 0.25) is 5.91 Å². The van der Waals surface area contributed by atoms with Gasteiger partial charge in [0, 0.05) is 45.9 Å². The molecule has 1 fully saturated rings. The van der Waals surface area contributed by atoms with Gasteiger partial charge >= 0.3 is 6.18 Å². The van der Waals surface area contributed by atoms with Gasteiger partial charge in [-0.2, -0.15) is 13.2 Å². The van der Waals surface area contributed by atoms with Gasteiger partial charge in [-0.25, -0.2) is 0 Å². The summed E-state index contributed by atoms with van der Waals surface area (Å²) in [4.78, 5) is 14.8. The van der Waals surface area contributed by atoms with Gasteiger partial charge in [0.05, 0.1) is 6.54 Å². The molecule has 8 heteroatoms. The number of nitrogens with one attached hydrogen (secondary N) is 1. The third kappa shape index (κ3) is 8.23. The van der Waals surface area contributed by atoms with E-state index in [1.165, 1.54) is 0 Å². The molecular weight excluding hydrogens is 287 g/mol. The van der Waals surface area contributed by atoms with Gasteiger partial charge in [0.1, 0.15) is 6.54 Å². The van der Waals surface area contributed by atoms with Crippen LogP contribution in [0.2, 0.25) is 0 Å². The van der Waals surface area contributed by atoms with E-state index in [2.05, 4.69) is 5.32 Å². The maximum Gasteiger partial charge on any atom is 0.406 e. The van der Waals surface area contributed by atoms with Gasteiger partial charge in [-0.05, 0) is 13.3 Å². The normalized spacial score (nSPS) is 17.0. The second-order valence-electron chi connectivity index (χ2n) is 5.01. The Kier molecular flexibility index (Phi) is 7.98. The molecule has 1 aliphatic heterocycles. The van der Waals surface area contributed by atoms with Gasteiger partial charge in [-0.15, -0.1) is 0 Å². The van der Waals surface area contributed by atoms with E-state index in [4.69, 9.17) is 4.74 Å². The number of amides is 1. The van der Waals surface area contributed by atoms with Crippen LogP contribution in [-0.2, 0) is 9.53 Å². The summed E-state index contributed by atoms with van der Waals surface area (Å²) in [6.45, 7) is 4.53. The fraction of sp³-hybridized carbons (Fsp3) is 0.923. The Bertz CT molecular complexity index is 308. The number of hydrogen-bond donors (Lipinski definition) is 1. The highest BCUT2D eigenvalue weighted by Gasteiger charge is 2.33. The van der Waals surface area contributed by atoms with Crippen LogP contribution in [0.25, 0.3) is 0 Å². The van der Waals surface area contributed by atoms with Crippen molar-refractivity contribution in [3.8, 4) is 0 Å². The van der Waals surface area contributed by atoms with Crippen molar-refractivity contribution < 1.29 is 22.7 Å². The standard InChI is InChI=1S/C13H24F3N3O2/c1-2-21-9-3-6-19(11-13(14,15)16)12(20)10-18-7-4-17-5-8-18/h17H,2-11H2,1H3. The number of carbonyl (C=O) groups is 1. The molecule has 1 saturated heterocycles. The van der Waals surface area contributed by atoms with Crippen LogP contribution in [0.4, 0.5) is 13.2 Å². The first-order valence-electron chi connectivity index (χ1n) is 7.27. The fourth-order valence-electron chi connectivity index (χ4n) is 2.17. The van der Waals surface area contributed by atoms with Crippen LogP contribution >= 0.6 is 0 Å². The first-order chi connectivity index (χ1) is 9.92. The topological polar surface area (TPSA) is 44.8 Å². The van der Waals surface area contributed by atoms with Gasteiger partial charge in [-0.1, -0.05) is 0 Å². The highest BCUT2D eigenvalue weighted by Crippen LogP contribution is 2.17. The Balaban J connectivity index is 2.46. The molecule has 1 rings (SSSR count). The number of halogens is 3. The Morgan fingerprint density at radius 3 is 2.57 bits per heavy atom. The average Bonchev–Trinajstić information content (AvgIpc) is 2.42. The second-order valence-corrected chi connectivity index (χ2v) is 5.01. The zero-order chi connectivity index (χ0) is 15.7. The third-order valence-corrected chi connectivity index (χ3v) is 3.21.